The molecular weight excluding hydrogens is 404 g/mol. The molecule has 2 aliphatic heterocycles. The predicted octanol–water partition coefficient (Wildman–Crippen LogP) is 2.97. The fourth-order valence-corrected chi connectivity index (χ4v) is 4.69. The molecule has 0 bridgehead atoms. The molecule has 6 rings (SSSR count). The highest BCUT2D eigenvalue weighted by atomic mass is 16.5. The molecule has 1 saturated heterocycles. The largest absolute Gasteiger partial charge is 0.377 e. The molecule has 0 aliphatic carbocycles. The lowest BCUT2D eigenvalue weighted by Gasteiger charge is -2.31. The summed E-state index contributed by atoms with van der Waals surface area (Å²) in [5.41, 5.74) is 6.24. The van der Waals surface area contributed by atoms with E-state index in [-0.39, 0.29) is 11.9 Å². The average Bonchev–Trinajstić information content (AvgIpc) is 3.35. The Hall–Kier alpha value is -3.52. The van der Waals surface area contributed by atoms with Gasteiger partial charge in [0.25, 0.3) is 0 Å². The Bertz CT molecular complexity index is 1350. The van der Waals surface area contributed by atoms with E-state index in [0.717, 1.165) is 51.8 Å². The van der Waals surface area contributed by atoms with Gasteiger partial charge in [0.05, 0.1) is 36.8 Å². The first kappa shape index (κ1) is 19.2. The van der Waals surface area contributed by atoms with Crippen LogP contribution in [0.5, 0.6) is 0 Å². The number of carbonyl (C=O) groups is 1. The van der Waals surface area contributed by atoms with E-state index in [1.807, 2.05) is 30.5 Å². The van der Waals surface area contributed by atoms with Crippen LogP contribution in [0, 0.1) is 0 Å². The van der Waals surface area contributed by atoms with Crippen LogP contribution >= 0.6 is 0 Å². The zero-order valence-corrected chi connectivity index (χ0v) is 18.2. The number of aromatic nitrogens is 5. The van der Waals surface area contributed by atoms with Crippen molar-refractivity contribution in [1.82, 2.24) is 29.4 Å². The van der Waals surface area contributed by atoms with Crippen molar-refractivity contribution >= 4 is 16.7 Å². The summed E-state index contributed by atoms with van der Waals surface area (Å²) < 4.78 is 9.36. The molecule has 8 nitrogen and oxygen atoms in total. The quantitative estimate of drug-likeness (QED) is 0.501. The van der Waals surface area contributed by atoms with Crippen LogP contribution in [-0.4, -0.2) is 55.1 Å². The zero-order valence-electron chi connectivity index (χ0n) is 18.2. The van der Waals surface area contributed by atoms with Crippen LogP contribution < -0.4 is 0 Å². The molecule has 0 saturated carbocycles. The first-order valence-electron chi connectivity index (χ1n) is 10.9. The normalized spacial score (nSPS) is 16.2. The van der Waals surface area contributed by atoms with Gasteiger partial charge in [-0.25, -0.2) is 0 Å². The number of fused-ring (bicyclic) bond motifs is 2. The first-order chi connectivity index (χ1) is 15.6. The van der Waals surface area contributed by atoms with Gasteiger partial charge < -0.3 is 9.64 Å². The Kier molecular flexibility index (Phi) is 4.36. The topological polar surface area (TPSA) is 78.1 Å². The standard InChI is InChI=1S/C24H24N6O2/c1-15(31)29-7-6-23-21(12-29)24(27-30(23)18-13-32-14-18)19-5-3-4-16-8-22(25-10-20(16)19)17-9-26-28(2)11-17/h3-5,8-11,18H,6-7,12-14H2,1-2H3. The summed E-state index contributed by atoms with van der Waals surface area (Å²) in [6.07, 6.45) is 6.53. The average molecular weight is 428 g/mol. The fourth-order valence-electron chi connectivity index (χ4n) is 4.69. The van der Waals surface area contributed by atoms with Gasteiger partial charge in [0, 0.05) is 73.6 Å². The van der Waals surface area contributed by atoms with E-state index in [1.165, 1.54) is 5.69 Å². The van der Waals surface area contributed by atoms with Crippen LogP contribution in [-0.2, 0) is 29.5 Å². The zero-order chi connectivity index (χ0) is 21.8. The molecule has 0 radical (unpaired) electrons. The Labute approximate surface area is 185 Å². The molecule has 0 atom stereocenters. The summed E-state index contributed by atoms with van der Waals surface area (Å²) in [6.45, 7) is 4.33. The van der Waals surface area contributed by atoms with Crippen LogP contribution in [0.2, 0.25) is 0 Å². The van der Waals surface area contributed by atoms with E-state index in [2.05, 4.69) is 34.0 Å². The fraction of sp³-hybridized carbons (Fsp3) is 0.333. The molecule has 5 heterocycles. The van der Waals surface area contributed by atoms with E-state index >= 15 is 0 Å². The van der Waals surface area contributed by atoms with Gasteiger partial charge in [0.15, 0.2) is 0 Å². The Morgan fingerprint density at radius 3 is 2.81 bits per heavy atom. The van der Waals surface area contributed by atoms with Gasteiger partial charge >= 0.3 is 0 Å². The predicted molar refractivity (Wildman–Crippen MR) is 120 cm³/mol. The number of aryl methyl sites for hydroxylation is 1. The molecule has 4 aromatic rings. The number of benzene rings is 1. The summed E-state index contributed by atoms with van der Waals surface area (Å²) in [5.74, 6) is 0.0991. The lowest BCUT2D eigenvalue weighted by Crippen LogP contribution is -2.37. The molecule has 1 amide bonds. The summed E-state index contributed by atoms with van der Waals surface area (Å²) in [5, 5.41) is 11.5. The first-order valence-corrected chi connectivity index (χ1v) is 10.9. The maximum atomic E-state index is 12.1. The molecule has 0 N–H and O–H groups in total. The number of hydrogen-bond donors (Lipinski definition) is 0. The summed E-state index contributed by atoms with van der Waals surface area (Å²) in [7, 11) is 1.90. The van der Waals surface area contributed by atoms with E-state index in [1.54, 1.807) is 11.6 Å². The Balaban J connectivity index is 1.49. The van der Waals surface area contributed by atoms with Gasteiger partial charge in [0.2, 0.25) is 5.91 Å². The van der Waals surface area contributed by atoms with Crippen LogP contribution in [0.4, 0.5) is 0 Å². The monoisotopic (exact) mass is 428 g/mol. The number of hydrogen-bond acceptors (Lipinski definition) is 5. The minimum Gasteiger partial charge on any atom is -0.377 e. The SMILES string of the molecule is CC(=O)N1CCc2c(c(-c3cccc4cc(-c5cnn(C)c5)ncc34)nn2C2COC2)C1. The number of nitrogens with zero attached hydrogens (tertiary/aromatic N) is 6. The number of amides is 1. The van der Waals surface area contributed by atoms with Crippen molar-refractivity contribution in [2.45, 2.75) is 25.9 Å². The Morgan fingerprint density at radius 2 is 2.09 bits per heavy atom. The number of carbonyl (C=O) groups excluding carboxylic acids is 1. The van der Waals surface area contributed by atoms with Crippen molar-refractivity contribution in [2.24, 2.45) is 7.05 Å². The second-order valence-electron chi connectivity index (χ2n) is 8.60. The van der Waals surface area contributed by atoms with Crippen molar-refractivity contribution in [3.63, 3.8) is 0 Å². The minimum atomic E-state index is 0.0991. The summed E-state index contributed by atoms with van der Waals surface area (Å²) >= 11 is 0. The van der Waals surface area contributed by atoms with Gasteiger partial charge in [-0.15, -0.1) is 0 Å². The summed E-state index contributed by atoms with van der Waals surface area (Å²) in [4.78, 5) is 18.7. The highest BCUT2D eigenvalue weighted by molar-refractivity contribution is 5.97. The van der Waals surface area contributed by atoms with Gasteiger partial charge in [-0.2, -0.15) is 10.2 Å². The molecule has 8 heteroatoms. The van der Waals surface area contributed by atoms with Gasteiger partial charge in [0.1, 0.15) is 0 Å². The lowest BCUT2D eigenvalue weighted by atomic mass is 9.97. The third kappa shape index (κ3) is 3.02. The molecule has 162 valence electrons. The van der Waals surface area contributed by atoms with Crippen LogP contribution in [0.3, 0.4) is 0 Å². The van der Waals surface area contributed by atoms with E-state index < -0.39 is 0 Å². The molecule has 1 fully saturated rings. The maximum absolute atomic E-state index is 12.1. The summed E-state index contributed by atoms with van der Waals surface area (Å²) in [6, 6.07) is 8.64. The van der Waals surface area contributed by atoms with Gasteiger partial charge in [-0.05, 0) is 11.5 Å². The van der Waals surface area contributed by atoms with Crippen LogP contribution in [0.25, 0.3) is 33.3 Å². The van der Waals surface area contributed by atoms with E-state index in [9.17, 15) is 4.79 Å². The molecule has 32 heavy (non-hydrogen) atoms. The van der Waals surface area contributed by atoms with Crippen molar-refractivity contribution in [3.8, 4) is 22.5 Å². The van der Waals surface area contributed by atoms with E-state index in [4.69, 9.17) is 14.8 Å². The minimum absolute atomic E-state index is 0.0991. The molecule has 3 aromatic heterocycles. The highest BCUT2D eigenvalue weighted by Crippen LogP contribution is 2.37. The van der Waals surface area contributed by atoms with Crippen molar-refractivity contribution in [1.29, 1.82) is 0 Å². The molecule has 0 unspecified atom stereocenters. The molecule has 0 spiro atoms. The van der Waals surface area contributed by atoms with Crippen molar-refractivity contribution in [3.05, 3.63) is 54.1 Å². The highest BCUT2D eigenvalue weighted by Gasteiger charge is 2.32. The number of pyridine rings is 1. The van der Waals surface area contributed by atoms with E-state index in [0.29, 0.717) is 19.8 Å². The number of rotatable bonds is 3. The maximum Gasteiger partial charge on any atom is 0.219 e. The second kappa shape index (κ2) is 7.27. The number of ether oxygens (including phenoxy) is 1. The van der Waals surface area contributed by atoms with Crippen LogP contribution in [0.15, 0.2) is 42.9 Å². The smallest absolute Gasteiger partial charge is 0.219 e. The molecule has 2 aliphatic rings. The third-order valence-corrected chi connectivity index (χ3v) is 6.52. The Morgan fingerprint density at radius 1 is 1.22 bits per heavy atom. The van der Waals surface area contributed by atoms with Crippen molar-refractivity contribution in [2.75, 3.05) is 19.8 Å². The van der Waals surface area contributed by atoms with Crippen LogP contribution in [0.1, 0.15) is 24.2 Å². The third-order valence-electron chi connectivity index (χ3n) is 6.52. The lowest BCUT2D eigenvalue weighted by molar-refractivity contribution is -0.129. The molecular formula is C24H24N6O2. The van der Waals surface area contributed by atoms with Gasteiger partial charge in [-0.1, -0.05) is 18.2 Å². The van der Waals surface area contributed by atoms with Gasteiger partial charge in [-0.3, -0.25) is 19.1 Å². The van der Waals surface area contributed by atoms with Crippen molar-refractivity contribution < 1.29 is 9.53 Å². The molecule has 1 aromatic carbocycles. The second-order valence-corrected chi connectivity index (χ2v) is 8.60.